The molecule has 2 aliphatic carbocycles. The molecule has 152 valence electrons. The fourth-order valence-electron chi connectivity index (χ4n) is 4.31. The van der Waals surface area contributed by atoms with E-state index in [1.54, 1.807) is 24.4 Å². The van der Waals surface area contributed by atoms with Crippen molar-refractivity contribution < 1.29 is 14.0 Å². The standard InChI is InChI=1S/C23H26FN3O2/c24-18-8-10-19(11-9-18)26-22(29)23(13-4-14-23)17-7-12-20(25-15-17)27-21(28)16-5-2-1-3-6-16/h7-12,15-16H,1-6,13-14H2,(H,26,29)(H,25,27,28). The second kappa shape index (κ2) is 8.31. The van der Waals surface area contributed by atoms with Gasteiger partial charge in [-0.3, -0.25) is 9.59 Å². The van der Waals surface area contributed by atoms with Crippen molar-refractivity contribution in [3.63, 3.8) is 0 Å². The molecule has 1 aromatic heterocycles. The van der Waals surface area contributed by atoms with Crippen LogP contribution in [0, 0.1) is 11.7 Å². The maximum Gasteiger partial charge on any atom is 0.235 e. The SMILES string of the molecule is O=C(Nc1ccc(C2(C(=O)Nc3ccc(F)cc3)CCC2)cn1)C1CCCCC1. The van der Waals surface area contributed by atoms with Crippen molar-refractivity contribution in [1.29, 1.82) is 0 Å². The minimum absolute atomic E-state index is 0.0392. The van der Waals surface area contributed by atoms with E-state index < -0.39 is 5.41 Å². The zero-order valence-electron chi connectivity index (χ0n) is 16.4. The Hall–Kier alpha value is -2.76. The maximum absolute atomic E-state index is 13.1. The van der Waals surface area contributed by atoms with Crippen LogP contribution in [0.2, 0.25) is 0 Å². The average molecular weight is 395 g/mol. The quantitative estimate of drug-likeness (QED) is 0.764. The molecule has 5 nitrogen and oxygen atoms in total. The summed E-state index contributed by atoms with van der Waals surface area (Å²) in [5, 5.41) is 5.81. The molecule has 0 aliphatic heterocycles. The summed E-state index contributed by atoms with van der Waals surface area (Å²) in [7, 11) is 0. The molecule has 1 aromatic carbocycles. The first-order valence-electron chi connectivity index (χ1n) is 10.4. The first-order valence-corrected chi connectivity index (χ1v) is 10.4. The summed E-state index contributed by atoms with van der Waals surface area (Å²) >= 11 is 0. The normalized spacial score (nSPS) is 18.5. The van der Waals surface area contributed by atoms with Gasteiger partial charge in [-0.2, -0.15) is 0 Å². The number of hydrogen-bond acceptors (Lipinski definition) is 3. The number of nitrogens with one attached hydrogen (secondary N) is 2. The molecule has 2 saturated carbocycles. The number of pyridine rings is 1. The molecular weight excluding hydrogens is 369 g/mol. The molecule has 0 spiro atoms. The molecule has 2 aliphatic rings. The van der Waals surface area contributed by atoms with Crippen molar-refractivity contribution in [3.05, 3.63) is 54.0 Å². The maximum atomic E-state index is 13.1. The van der Waals surface area contributed by atoms with Crippen molar-refractivity contribution in [2.75, 3.05) is 10.6 Å². The Morgan fingerprint density at radius 2 is 1.66 bits per heavy atom. The number of carbonyl (C=O) groups is 2. The van der Waals surface area contributed by atoms with E-state index in [2.05, 4.69) is 15.6 Å². The van der Waals surface area contributed by atoms with Crippen molar-refractivity contribution in [3.8, 4) is 0 Å². The second-order valence-corrected chi connectivity index (χ2v) is 8.15. The minimum Gasteiger partial charge on any atom is -0.325 e. The molecule has 29 heavy (non-hydrogen) atoms. The molecular formula is C23H26FN3O2. The van der Waals surface area contributed by atoms with E-state index in [-0.39, 0.29) is 23.5 Å². The van der Waals surface area contributed by atoms with Gasteiger partial charge in [0.1, 0.15) is 11.6 Å². The molecule has 1 heterocycles. The molecule has 0 radical (unpaired) electrons. The molecule has 2 N–H and O–H groups in total. The van der Waals surface area contributed by atoms with Gasteiger partial charge in [-0.1, -0.05) is 31.7 Å². The summed E-state index contributed by atoms with van der Waals surface area (Å²) in [5.41, 5.74) is 0.804. The van der Waals surface area contributed by atoms with Crippen LogP contribution in [-0.4, -0.2) is 16.8 Å². The fourth-order valence-corrected chi connectivity index (χ4v) is 4.31. The smallest absolute Gasteiger partial charge is 0.235 e. The Labute approximate surface area is 170 Å². The first kappa shape index (κ1) is 19.6. The molecule has 4 rings (SSSR count). The largest absolute Gasteiger partial charge is 0.325 e. The summed E-state index contributed by atoms with van der Waals surface area (Å²) in [6.45, 7) is 0. The second-order valence-electron chi connectivity index (χ2n) is 8.15. The lowest BCUT2D eigenvalue weighted by Gasteiger charge is -2.40. The van der Waals surface area contributed by atoms with Crippen LogP contribution >= 0.6 is 0 Å². The van der Waals surface area contributed by atoms with E-state index in [9.17, 15) is 14.0 Å². The van der Waals surface area contributed by atoms with Crippen LogP contribution in [-0.2, 0) is 15.0 Å². The number of carbonyl (C=O) groups excluding carboxylic acids is 2. The van der Waals surface area contributed by atoms with Crippen LogP contribution in [0.3, 0.4) is 0 Å². The predicted molar refractivity (Wildman–Crippen MR) is 110 cm³/mol. The van der Waals surface area contributed by atoms with Crippen molar-refractivity contribution >= 4 is 23.3 Å². The third kappa shape index (κ3) is 4.16. The van der Waals surface area contributed by atoms with E-state index in [4.69, 9.17) is 0 Å². The van der Waals surface area contributed by atoms with Gasteiger partial charge < -0.3 is 10.6 Å². The molecule has 2 amide bonds. The fraction of sp³-hybridized carbons (Fsp3) is 0.435. The summed E-state index contributed by atoms with van der Waals surface area (Å²) in [6, 6.07) is 9.43. The average Bonchev–Trinajstić information content (AvgIpc) is 2.71. The number of nitrogens with zero attached hydrogens (tertiary/aromatic N) is 1. The molecule has 2 aromatic rings. The molecule has 0 saturated heterocycles. The third-order valence-corrected chi connectivity index (χ3v) is 6.29. The molecule has 0 unspecified atom stereocenters. The molecule has 0 atom stereocenters. The predicted octanol–water partition coefficient (Wildman–Crippen LogP) is 4.80. The van der Waals surface area contributed by atoms with Crippen LogP contribution in [0.15, 0.2) is 42.6 Å². The van der Waals surface area contributed by atoms with Gasteiger partial charge in [-0.15, -0.1) is 0 Å². The zero-order chi connectivity index (χ0) is 20.3. The van der Waals surface area contributed by atoms with Gasteiger partial charge >= 0.3 is 0 Å². The highest BCUT2D eigenvalue weighted by atomic mass is 19.1. The van der Waals surface area contributed by atoms with Crippen LogP contribution in [0.5, 0.6) is 0 Å². The van der Waals surface area contributed by atoms with E-state index in [0.29, 0.717) is 11.5 Å². The summed E-state index contributed by atoms with van der Waals surface area (Å²) in [6.07, 6.45) is 9.46. The van der Waals surface area contributed by atoms with Crippen LogP contribution in [0.25, 0.3) is 0 Å². The van der Waals surface area contributed by atoms with Crippen LogP contribution in [0.4, 0.5) is 15.9 Å². The summed E-state index contributed by atoms with van der Waals surface area (Å²) in [5.74, 6) is 0.201. The summed E-state index contributed by atoms with van der Waals surface area (Å²) < 4.78 is 13.1. The van der Waals surface area contributed by atoms with Crippen LogP contribution < -0.4 is 10.6 Å². The van der Waals surface area contributed by atoms with E-state index in [0.717, 1.165) is 50.5 Å². The monoisotopic (exact) mass is 395 g/mol. The van der Waals surface area contributed by atoms with Gasteiger partial charge in [0.15, 0.2) is 0 Å². The van der Waals surface area contributed by atoms with Gasteiger partial charge in [-0.05, 0) is 61.6 Å². The molecule has 6 heteroatoms. The summed E-state index contributed by atoms with van der Waals surface area (Å²) in [4.78, 5) is 29.8. The highest BCUT2D eigenvalue weighted by Gasteiger charge is 2.46. The molecule has 2 fully saturated rings. The number of aromatic nitrogens is 1. The lowest BCUT2D eigenvalue weighted by molar-refractivity contribution is -0.124. The Balaban J connectivity index is 1.44. The number of rotatable bonds is 5. The van der Waals surface area contributed by atoms with Crippen LogP contribution in [0.1, 0.15) is 56.9 Å². The first-order chi connectivity index (χ1) is 14.1. The lowest BCUT2D eigenvalue weighted by atomic mass is 9.64. The Morgan fingerprint density at radius 1 is 0.931 bits per heavy atom. The number of amides is 2. The topological polar surface area (TPSA) is 71.1 Å². The zero-order valence-corrected chi connectivity index (χ0v) is 16.4. The Bertz CT molecular complexity index is 870. The number of hydrogen-bond donors (Lipinski definition) is 2. The Morgan fingerprint density at radius 3 is 2.24 bits per heavy atom. The molecule has 0 bridgehead atoms. The number of halogens is 1. The third-order valence-electron chi connectivity index (χ3n) is 6.29. The van der Waals surface area contributed by atoms with Crippen molar-refractivity contribution in [2.45, 2.75) is 56.8 Å². The highest BCUT2D eigenvalue weighted by molar-refractivity contribution is 6.00. The number of benzene rings is 1. The van der Waals surface area contributed by atoms with Crippen molar-refractivity contribution in [2.24, 2.45) is 5.92 Å². The van der Waals surface area contributed by atoms with E-state index in [1.165, 1.54) is 18.6 Å². The van der Waals surface area contributed by atoms with Gasteiger partial charge in [0.25, 0.3) is 0 Å². The van der Waals surface area contributed by atoms with Gasteiger partial charge in [-0.25, -0.2) is 9.37 Å². The number of anilines is 2. The van der Waals surface area contributed by atoms with E-state index in [1.807, 2.05) is 6.07 Å². The minimum atomic E-state index is -0.618. The van der Waals surface area contributed by atoms with Crippen molar-refractivity contribution in [1.82, 2.24) is 4.98 Å². The van der Waals surface area contributed by atoms with Gasteiger partial charge in [0.2, 0.25) is 11.8 Å². The Kier molecular flexibility index (Phi) is 5.60. The van der Waals surface area contributed by atoms with E-state index >= 15 is 0 Å². The highest BCUT2D eigenvalue weighted by Crippen LogP contribution is 2.44. The van der Waals surface area contributed by atoms with Gasteiger partial charge in [0, 0.05) is 17.8 Å². The van der Waals surface area contributed by atoms with Gasteiger partial charge in [0.05, 0.1) is 5.41 Å². The lowest BCUT2D eigenvalue weighted by Crippen LogP contribution is -2.46.